The highest BCUT2D eigenvalue weighted by molar-refractivity contribution is 5.78. The van der Waals surface area contributed by atoms with E-state index in [4.69, 9.17) is 0 Å². The Morgan fingerprint density at radius 3 is 2.60 bits per heavy atom. The monoisotopic (exact) mass is 284 g/mol. The van der Waals surface area contributed by atoms with E-state index in [2.05, 4.69) is 5.32 Å². The van der Waals surface area contributed by atoms with E-state index in [0.717, 1.165) is 12.8 Å². The van der Waals surface area contributed by atoms with Crippen molar-refractivity contribution in [3.05, 3.63) is 0 Å². The van der Waals surface area contributed by atoms with Gasteiger partial charge >= 0.3 is 12.0 Å². The zero-order chi connectivity index (χ0) is 14.9. The Hall–Kier alpha value is -1.30. The van der Waals surface area contributed by atoms with Gasteiger partial charge in [-0.25, -0.2) is 4.79 Å². The Morgan fingerprint density at radius 2 is 2.05 bits per heavy atom. The van der Waals surface area contributed by atoms with Crippen molar-refractivity contribution in [2.24, 2.45) is 17.3 Å². The number of fused-ring (bicyclic) bond motifs is 1. The number of aliphatic carboxylic acids is 1. The maximum absolute atomic E-state index is 12.1. The number of nitrogens with zero attached hydrogens (tertiary/aromatic N) is 1. The molecule has 2 amide bonds. The Balaban J connectivity index is 1.86. The second-order valence-corrected chi connectivity index (χ2v) is 6.35. The molecule has 20 heavy (non-hydrogen) atoms. The van der Waals surface area contributed by atoms with Gasteiger partial charge in [0.05, 0.1) is 11.5 Å². The summed E-state index contributed by atoms with van der Waals surface area (Å²) in [6.07, 6.45) is 1.97. The molecular formula is C14H24N2O4. The lowest BCUT2D eigenvalue weighted by Gasteiger charge is -2.26. The molecule has 0 aromatic carbocycles. The number of carboxylic acid groups (broad SMARTS) is 1. The van der Waals surface area contributed by atoms with Gasteiger partial charge in [0.2, 0.25) is 0 Å². The number of urea groups is 1. The van der Waals surface area contributed by atoms with E-state index in [9.17, 15) is 19.8 Å². The third kappa shape index (κ3) is 2.75. The highest BCUT2D eigenvalue weighted by Crippen LogP contribution is 2.38. The van der Waals surface area contributed by atoms with Crippen LogP contribution in [0.25, 0.3) is 0 Å². The normalized spacial score (nSPS) is 31.8. The predicted molar refractivity (Wildman–Crippen MR) is 73.2 cm³/mol. The van der Waals surface area contributed by atoms with Gasteiger partial charge in [-0.2, -0.15) is 0 Å². The van der Waals surface area contributed by atoms with Crippen molar-refractivity contribution in [1.29, 1.82) is 0 Å². The van der Waals surface area contributed by atoms with Gasteiger partial charge in [-0.05, 0) is 32.1 Å². The molecule has 6 nitrogen and oxygen atoms in total. The standard InChI is InChI=1S/C14H24N2O4/c1-3-14(2,12(18)19)8-15-13(20)16-6-9-4-5-11(17)10(9)7-16/h9-11,17H,3-8H2,1-2H3,(H,15,20)(H,18,19). The first-order valence-electron chi connectivity index (χ1n) is 7.31. The fraction of sp³-hybridized carbons (Fsp3) is 0.857. The first-order valence-corrected chi connectivity index (χ1v) is 7.31. The maximum Gasteiger partial charge on any atom is 0.317 e. The fourth-order valence-electron chi connectivity index (χ4n) is 3.14. The van der Waals surface area contributed by atoms with Gasteiger partial charge in [0.1, 0.15) is 0 Å². The minimum atomic E-state index is -0.926. The third-order valence-corrected chi connectivity index (χ3v) is 5.03. The van der Waals surface area contributed by atoms with Crippen molar-refractivity contribution < 1.29 is 19.8 Å². The van der Waals surface area contributed by atoms with Crippen LogP contribution in [0.4, 0.5) is 4.79 Å². The second-order valence-electron chi connectivity index (χ2n) is 6.35. The second kappa shape index (κ2) is 5.60. The fourth-order valence-corrected chi connectivity index (χ4v) is 3.14. The lowest BCUT2D eigenvalue weighted by atomic mass is 9.88. The molecule has 1 saturated heterocycles. The number of amides is 2. The van der Waals surface area contributed by atoms with Crippen molar-refractivity contribution in [3.8, 4) is 0 Å². The van der Waals surface area contributed by atoms with Gasteiger partial charge in [0.15, 0.2) is 0 Å². The predicted octanol–water partition coefficient (Wildman–Crippen LogP) is 0.900. The van der Waals surface area contributed by atoms with E-state index in [1.165, 1.54) is 0 Å². The SMILES string of the molecule is CCC(C)(CNC(=O)N1CC2CCC(O)C2C1)C(=O)O. The molecule has 6 heteroatoms. The van der Waals surface area contributed by atoms with Crippen LogP contribution in [0, 0.1) is 17.3 Å². The Morgan fingerprint density at radius 1 is 1.35 bits per heavy atom. The summed E-state index contributed by atoms with van der Waals surface area (Å²) in [5.74, 6) is -0.306. The summed E-state index contributed by atoms with van der Waals surface area (Å²) in [4.78, 5) is 25.0. The highest BCUT2D eigenvalue weighted by Gasteiger charge is 2.43. The van der Waals surface area contributed by atoms with Crippen LogP contribution in [0.2, 0.25) is 0 Å². The molecule has 3 N–H and O–H groups in total. The van der Waals surface area contributed by atoms with Crippen LogP contribution in [-0.4, -0.2) is 52.9 Å². The van der Waals surface area contributed by atoms with E-state index in [0.29, 0.717) is 25.4 Å². The molecule has 1 aliphatic heterocycles. The molecule has 0 aromatic heterocycles. The lowest BCUT2D eigenvalue weighted by molar-refractivity contribution is -0.147. The Bertz CT molecular complexity index is 401. The van der Waals surface area contributed by atoms with Gasteiger partial charge in [0, 0.05) is 25.6 Å². The molecule has 2 aliphatic rings. The van der Waals surface area contributed by atoms with Crippen LogP contribution in [-0.2, 0) is 4.79 Å². The van der Waals surface area contributed by atoms with Crippen LogP contribution in [0.1, 0.15) is 33.1 Å². The number of carbonyl (C=O) groups excluding carboxylic acids is 1. The lowest BCUT2D eigenvalue weighted by Crippen LogP contribution is -2.46. The molecule has 114 valence electrons. The first kappa shape index (κ1) is 15.1. The van der Waals surface area contributed by atoms with Crippen molar-refractivity contribution >= 4 is 12.0 Å². The van der Waals surface area contributed by atoms with Gasteiger partial charge < -0.3 is 20.4 Å². The molecular weight excluding hydrogens is 260 g/mol. The van der Waals surface area contributed by atoms with Crippen LogP contribution < -0.4 is 5.32 Å². The van der Waals surface area contributed by atoms with E-state index >= 15 is 0 Å². The topological polar surface area (TPSA) is 89.9 Å². The molecule has 4 unspecified atom stereocenters. The molecule has 0 bridgehead atoms. The largest absolute Gasteiger partial charge is 0.481 e. The van der Waals surface area contributed by atoms with Gasteiger partial charge in [-0.15, -0.1) is 0 Å². The summed E-state index contributed by atoms with van der Waals surface area (Å²) < 4.78 is 0. The van der Waals surface area contributed by atoms with Crippen molar-refractivity contribution in [3.63, 3.8) is 0 Å². The van der Waals surface area contributed by atoms with Crippen LogP contribution >= 0.6 is 0 Å². The molecule has 0 radical (unpaired) electrons. The Labute approximate surface area is 119 Å². The average molecular weight is 284 g/mol. The molecule has 0 aromatic rings. The van der Waals surface area contributed by atoms with E-state index in [1.807, 2.05) is 0 Å². The van der Waals surface area contributed by atoms with Crippen LogP contribution in [0.5, 0.6) is 0 Å². The number of hydrogen-bond donors (Lipinski definition) is 3. The minimum Gasteiger partial charge on any atom is -0.481 e. The molecule has 0 spiro atoms. The van der Waals surface area contributed by atoms with Crippen molar-refractivity contribution in [2.75, 3.05) is 19.6 Å². The molecule has 4 atom stereocenters. The highest BCUT2D eigenvalue weighted by atomic mass is 16.4. The van der Waals surface area contributed by atoms with E-state index in [1.54, 1.807) is 18.7 Å². The van der Waals surface area contributed by atoms with Gasteiger partial charge in [-0.3, -0.25) is 4.79 Å². The molecule has 1 aliphatic carbocycles. The van der Waals surface area contributed by atoms with Gasteiger partial charge in [-0.1, -0.05) is 6.92 Å². The zero-order valence-electron chi connectivity index (χ0n) is 12.1. The molecule has 1 heterocycles. The summed E-state index contributed by atoms with van der Waals surface area (Å²) in [7, 11) is 0. The zero-order valence-corrected chi connectivity index (χ0v) is 12.1. The van der Waals surface area contributed by atoms with Crippen molar-refractivity contribution in [1.82, 2.24) is 10.2 Å². The smallest absolute Gasteiger partial charge is 0.317 e. The third-order valence-electron chi connectivity index (χ3n) is 5.03. The number of aliphatic hydroxyl groups excluding tert-OH is 1. The molecule has 1 saturated carbocycles. The first-order chi connectivity index (χ1) is 9.37. The number of nitrogens with one attached hydrogen (secondary N) is 1. The van der Waals surface area contributed by atoms with E-state index in [-0.39, 0.29) is 24.6 Å². The average Bonchev–Trinajstić information content (AvgIpc) is 2.98. The molecule has 2 fully saturated rings. The summed E-state index contributed by atoms with van der Waals surface area (Å²) in [5.41, 5.74) is -0.926. The summed E-state index contributed by atoms with van der Waals surface area (Å²) in [6.45, 7) is 4.82. The van der Waals surface area contributed by atoms with Gasteiger partial charge in [0.25, 0.3) is 0 Å². The summed E-state index contributed by atoms with van der Waals surface area (Å²) >= 11 is 0. The number of aliphatic hydroxyl groups is 1. The van der Waals surface area contributed by atoms with Crippen LogP contribution in [0.15, 0.2) is 0 Å². The quantitative estimate of drug-likeness (QED) is 0.715. The summed E-state index contributed by atoms with van der Waals surface area (Å²) in [5, 5.41) is 21.7. The number of rotatable bonds is 4. The minimum absolute atomic E-state index is 0.131. The number of likely N-dealkylation sites (tertiary alicyclic amines) is 1. The number of hydrogen-bond acceptors (Lipinski definition) is 3. The summed E-state index contributed by atoms with van der Waals surface area (Å²) in [6, 6.07) is -0.215. The Kier molecular flexibility index (Phi) is 4.22. The maximum atomic E-state index is 12.1. The van der Waals surface area contributed by atoms with Crippen molar-refractivity contribution in [2.45, 2.75) is 39.2 Å². The number of carboxylic acids is 1. The number of carbonyl (C=O) groups is 2. The molecule has 2 rings (SSSR count). The van der Waals surface area contributed by atoms with Crippen LogP contribution in [0.3, 0.4) is 0 Å². The van der Waals surface area contributed by atoms with E-state index < -0.39 is 11.4 Å².